The predicted octanol–water partition coefficient (Wildman–Crippen LogP) is 4.69. The van der Waals surface area contributed by atoms with E-state index < -0.39 is 0 Å². The summed E-state index contributed by atoms with van der Waals surface area (Å²) in [4.78, 5) is 14.6. The van der Waals surface area contributed by atoms with Gasteiger partial charge < -0.3 is 4.90 Å². The van der Waals surface area contributed by atoms with Gasteiger partial charge in [-0.15, -0.1) is 0 Å². The maximum absolute atomic E-state index is 12.9. The highest BCUT2D eigenvalue weighted by atomic mass is 19.1. The lowest BCUT2D eigenvalue weighted by Gasteiger charge is -2.39. The van der Waals surface area contributed by atoms with Gasteiger partial charge in [-0.3, -0.25) is 4.79 Å². The van der Waals surface area contributed by atoms with E-state index >= 15 is 0 Å². The fourth-order valence-corrected chi connectivity index (χ4v) is 4.44. The summed E-state index contributed by atoms with van der Waals surface area (Å²) in [5.74, 6) is 0.753. The number of nitrogens with zero attached hydrogens (tertiary/aromatic N) is 1. The van der Waals surface area contributed by atoms with Gasteiger partial charge in [0.05, 0.1) is 0 Å². The van der Waals surface area contributed by atoms with E-state index in [1.807, 2.05) is 0 Å². The standard InChI is InChI=1S/C20H28FNO/c1-16-8-9-20(15-16)10-13-22(14-11-20)12-2-3-19(23)17-4-6-18(21)7-5-17/h4-7,16H,2-3,8-15H2,1H3. The van der Waals surface area contributed by atoms with Crippen LogP contribution < -0.4 is 0 Å². The Labute approximate surface area is 139 Å². The number of benzene rings is 1. The molecule has 23 heavy (non-hydrogen) atoms. The minimum atomic E-state index is -0.287. The summed E-state index contributed by atoms with van der Waals surface area (Å²) in [6.07, 6.45) is 8.39. The second kappa shape index (κ2) is 7.12. The zero-order chi connectivity index (χ0) is 16.3. The van der Waals surface area contributed by atoms with Crippen molar-refractivity contribution in [2.24, 2.45) is 11.3 Å². The molecule has 0 aromatic heterocycles. The maximum Gasteiger partial charge on any atom is 0.162 e. The van der Waals surface area contributed by atoms with Gasteiger partial charge in [-0.1, -0.05) is 13.3 Å². The summed E-state index contributed by atoms with van der Waals surface area (Å²) in [5, 5.41) is 0. The van der Waals surface area contributed by atoms with Crippen LogP contribution in [-0.2, 0) is 0 Å². The Morgan fingerprint density at radius 1 is 1.22 bits per heavy atom. The van der Waals surface area contributed by atoms with Crippen molar-refractivity contribution in [2.75, 3.05) is 19.6 Å². The second-order valence-electron chi connectivity index (χ2n) is 7.72. The van der Waals surface area contributed by atoms with Gasteiger partial charge in [0.1, 0.15) is 5.82 Å². The van der Waals surface area contributed by atoms with Gasteiger partial charge in [-0.2, -0.15) is 0 Å². The molecule has 1 aromatic rings. The molecule has 0 bridgehead atoms. The Morgan fingerprint density at radius 2 is 1.91 bits per heavy atom. The van der Waals surface area contributed by atoms with Crippen LogP contribution in [0.25, 0.3) is 0 Å². The van der Waals surface area contributed by atoms with Gasteiger partial charge in [0.2, 0.25) is 0 Å². The van der Waals surface area contributed by atoms with E-state index in [0.717, 1.165) is 18.9 Å². The van der Waals surface area contributed by atoms with Crippen LogP contribution in [0.15, 0.2) is 24.3 Å². The van der Waals surface area contributed by atoms with Crippen LogP contribution in [0.2, 0.25) is 0 Å². The van der Waals surface area contributed by atoms with Crippen molar-refractivity contribution in [3.8, 4) is 0 Å². The van der Waals surface area contributed by atoms with Gasteiger partial charge in [-0.25, -0.2) is 4.39 Å². The minimum absolute atomic E-state index is 0.128. The number of carbonyl (C=O) groups is 1. The first-order chi connectivity index (χ1) is 11.1. The molecule has 2 fully saturated rings. The average Bonchev–Trinajstić information content (AvgIpc) is 2.91. The van der Waals surface area contributed by atoms with Crippen molar-refractivity contribution in [2.45, 2.75) is 51.9 Å². The van der Waals surface area contributed by atoms with Gasteiger partial charge in [0, 0.05) is 12.0 Å². The zero-order valence-corrected chi connectivity index (χ0v) is 14.2. The van der Waals surface area contributed by atoms with Crippen molar-refractivity contribution in [1.29, 1.82) is 0 Å². The molecular weight excluding hydrogens is 289 g/mol. The third-order valence-corrected chi connectivity index (χ3v) is 5.91. The summed E-state index contributed by atoms with van der Waals surface area (Å²) in [7, 11) is 0. The van der Waals surface area contributed by atoms with E-state index in [1.165, 1.54) is 57.3 Å². The number of halogens is 1. The summed E-state index contributed by atoms with van der Waals surface area (Å²) in [6, 6.07) is 5.90. The summed E-state index contributed by atoms with van der Waals surface area (Å²) in [5.41, 5.74) is 1.27. The van der Waals surface area contributed by atoms with Crippen LogP contribution >= 0.6 is 0 Å². The lowest BCUT2D eigenvalue weighted by molar-refractivity contribution is 0.0929. The average molecular weight is 317 g/mol. The first-order valence-electron chi connectivity index (χ1n) is 9.07. The largest absolute Gasteiger partial charge is 0.303 e. The Bertz CT molecular complexity index is 531. The topological polar surface area (TPSA) is 20.3 Å². The van der Waals surface area contributed by atoms with Gasteiger partial charge >= 0.3 is 0 Å². The molecule has 1 spiro atoms. The van der Waals surface area contributed by atoms with Gasteiger partial charge in [0.25, 0.3) is 0 Å². The number of carbonyl (C=O) groups excluding carboxylic acids is 1. The quantitative estimate of drug-likeness (QED) is 0.734. The fraction of sp³-hybridized carbons (Fsp3) is 0.650. The number of likely N-dealkylation sites (tertiary alicyclic amines) is 1. The molecule has 1 aliphatic carbocycles. The molecule has 0 amide bonds. The molecule has 1 unspecified atom stereocenters. The predicted molar refractivity (Wildman–Crippen MR) is 91.1 cm³/mol. The highest BCUT2D eigenvalue weighted by molar-refractivity contribution is 5.95. The highest BCUT2D eigenvalue weighted by Gasteiger charge is 2.39. The molecule has 1 aliphatic heterocycles. The van der Waals surface area contributed by atoms with E-state index in [1.54, 1.807) is 12.1 Å². The SMILES string of the molecule is CC1CCC2(CCN(CCCC(=O)c3ccc(F)cc3)CC2)C1. The lowest BCUT2D eigenvalue weighted by atomic mass is 9.76. The van der Waals surface area contributed by atoms with Crippen LogP contribution in [0.3, 0.4) is 0 Å². The molecule has 1 atom stereocenters. The van der Waals surface area contributed by atoms with Gasteiger partial charge in [-0.05, 0) is 87.3 Å². The summed E-state index contributed by atoms with van der Waals surface area (Å²) < 4.78 is 12.9. The van der Waals surface area contributed by atoms with Crippen molar-refractivity contribution >= 4 is 5.78 Å². The number of Topliss-reactive ketones (excluding diaryl/α,β-unsaturated/α-hetero) is 1. The molecule has 126 valence electrons. The van der Waals surface area contributed by atoms with Crippen molar-refractivity contribution in [1.82, 2.24) is 4.90 Å². The van der Waals surface area contributed by atoms with E-state index in [4.69, 9.17) is 0 Å². The first-order valence-corrected chi connectivity index (χ1v) is 9.07. The van der Waals surface area contributed by atoms with Crippen molar-refractivity contribution in [3.05, 3.63) is 35.6 Å². The first kappa shape index (κ1) is 16.6. The molecule has 2 nitrogen and oxygen atoms in total. The normalized spacial score (nSPS) is 24.2. The molecule has 3 heteroatoms. The Morgan fingerprint density at radius 3 is 2.52 bits per heavy atom. The van der Waals surface area contributed by atoms with Crippen molar-refractivity contribution < 1.29 is 9.18 Å². The Balaban J connectivity index is 1.38. The van der Waals surface area contributed by atoms with Crippen LogP contribution in [0.5, 0.6) is 0 Å². The number of rotatable bonds is 5. The number of hydrogen-bond acceptors (Lipinski definition) is 2. The molecule has 0 radical (unpaired) electrons. The monoisotopic (exact) mass is 317 g/mol. The number of piperidine rings is 1. The fourth-order valence-electron chi connectivity index (χ4n) is 4.44. The third-order valence-electron chi connectivity index (χ3n) is 5.91. The maximum atomic E-state index is 12.9. The van der Waals surface area contributed by atoms with Crippen LogP contribution in [-0.4, -0.2) is 30.3 Å². The molecule has 1 heterocycles. The summed E-state index contributed by atoms with van der Waals surface area (Å²) in [6.45, 7) is 5.79. The van der Waals surface area contributed by atoms with E-state index in [0.29, 0.717) is 17.4 Å². The van der Waals surface area contributed by atoms with E-state index in [2.05, 4.69) is 11.8 Å². The Kier molecular flexibility index (Phi) is 5.15. The highest BCUT2D eigenvalue weighted by Crippen LogP contribution is 2.48. The van der Waals surface area contributed by atoms with Crippen LogP contribution in [0, 0.1) is 17.2 Å². The van der Waals surface area contributed by atoms with Gasteiger partial charge in [0.15, 0.2) is 5.78 Å². The summed E-state index contributed by atoms with van der Waals surface area (Å²) >= 11 is 0. The third kappa shape index (κ3) is 4.20. The zero-order valence-electron chi connectivity index (χ0n) is 14.2. The molecule has 1 saturated carbocycles. The molecule has 1 saturated heterocycles. The molecule has 3 rings (SSSR count). The van der Waals surface area contributed by atoms with E-state index in [-0.39, 0.29) is 11.6 Å². The second-order valence-corrected chi connectivity index (χ2v) is 7.72. The van der Waals surface area contributed by atoms with E-state index in [9.17, 15) is 9.18 Å². The smallest absolute Gasteiger partial charge is 0.162 e. The Hall–Kier alpha value is -1.22. The molecule has 1 aromatic carbocycles. The molecule has 0 N–H and O–H groups in total. The van der Waals surface area contributed by atoms with Crippen molar-refractivity contribution in [3.63, 3.8) is 0 Å². The lowest BCUT2D eigenvalue weighted by Crippen LogP contribution is -2.39. The van der Waals surface area contributed by atoms with Crippen LogP contribution in [0.4, 0.5) is 4.39 Å². The molecule has 2 aliphatic rings. The van der Waals surface area contributed by atoms with Crippen LogP contribution in [0.1, 0.15) is 62.2 Å². The molecular formula is C20H28FNO. The number of hydrogen-bond donors (Lipinski definition) is 0. The minimum Gasteiger partial charge on any atom is -0.303 e. The number of ketones is 1.